The van der Waals surface area contributed by atoms with E-state index in [-0.39, 0.29) is 11.4 Å². The summed E-state index contributed by atoms with van der Waals surface area (Å²) in [4.78, 5) is 20.6. The van der Waals surface area contributed by atoms with Gasteiger partial charge in [-0.25, -0.2) is 14.4 Å². The molecule has 1 N–H and O–H groups in total. The van der Waals surface area contributed by atoms with Crippen molar-refractivity contribution < 1.29 is 13.9 Å². The molecule has 0 radical (unpaired) electrons. The minimum absolute atomic E-state index is 0.0620. The third-order valence-electron chi connectivity index (χ3n) is 3.18. The van der Waals surface area contributed by atoms with Crippen LogP contribution in [-0.2, 0) is 0 Å². The fourth-order valence-corrected chi connectivity index (χ4v) is 2.13. The van der Waals surface area contributed by atoms with Crippen molar-refractivity contribution in [3.63, 3.8) is 0 Å². The number of ether oxygens (including phenoxy) is 1. The number of hydrogen-bond acceptors (Lipinski definition) is 4. The van der Waals surface area contributed by atoms with Crippen LogP contribution in [0.5, 0.6) is 5.75 Å². The Labute approximate surface area is 125 Å². The molecule has 3 rings (SSSR count). The molecule has 0 bridgehead atoms. The van der Waals surface area contributed by atoms with Gasteiger partial charge in [0.05, 0.1) is 12.8 Å². The third kappa shape index (κ3) is 2.48. The van der Waals surface area contributed by atoms with Crippen molar-refractivity contribution in [2.75, 3.05) is 12.4 Å². The summed E-state index contributed by atoms with van der Waals surface area (Å²) in [6.45, 7) is 1.78. The Morgan fingerprint density at radius 3 is 3.00 bits per heavy atom. The van der Waals surface area contributed by atoms with Gasteiger partial charge in [0, 0.05) is 30.3 Å². The molecule has 0 unspecified atom stereocenters. The van der Waals surface area contributed by atoms with Crippen molar-refractivity contribution in [2.24, 2.45) is 0 Å². The quantitative estimate of drug-likeness (QED) is 0.806. The number of nitrogens with one attached hydrogen (secondary N) is 1. The number of aryl methyl sites for hydroxylation is 1. The molecule has 7 heteroatoms. The molecule has 0 atom stereocenters. The summed E-state index contributed by atoms with van der Waals surface area (Å²) < 4.78 is 20.0. The Bertz CT molecular complexity index is 860. The van der Waals surface area contributed by atoms with Gasteiger partial charge in [-0.1, -0.05) is 0 Å². The lowest BCUT2D eigenvalue weighted by Crippen LogP contribution is -2.15. The first-order chi connectivity index (χ1) is 10.6. The van der Waals surface area contributed by atoms with Gasteiger partial charge in [0.2, 0.25) is 0 Å². The van der Waals surface area contributed by atoms with Gasteiger partial charge in [0.25, 0.3) is 5.91 Å². The number of anilines is 1. The lowest BCUT2D eigenvalue weighted by Gasteiger charge is -2.08. The van der Waals surface area contributed by atoms with Gasteiger partial charge in [-0.3, -0.25) is 4.79 Å². The van der Waals surface area contributed by atoms with E-state index in [1.165, 1.54) is 25.3 Å². The molecule has 6 nitrogen and oxygen atoms in total. The molecule has 0 aliphatic carbocycles. The molecule has 22 heavy (non-hydrogen) atoms. The first-order valence-electron chi connectivity index (χ1n) is 6.53. The molecule has 1 amide bonds. The first-order valence-corrected chi connectivity index (χ1v) is 6.53. The van der Waals surface area contributed by atoms with Crippen molar-refractivity contribution >= 4 is 17.2 Å². The topological polar surface area (TPSA) is 68.5 Å². The highest BCUT2D eigenvalue weighted by Crippen LogP contribution is 2.21. The van der Waals surface area contributed by atoms with Crippen LogP contribution in [0.1, 0.15) is 16.2 Å². The van der Waals surface area contributed by atoms with E-state index in [1.54, 1.807) is 29.9 Å². The predicted octanol–water partition coefficient (Wildman–Crippen LogP) is 2.44. The number of halogens is 1. The smallest absolute Gasteiger partial charge is 0.275 e. The van der Waals surface area contributed by atoms with Crippen LogP contribution in [0.2, 0.25) is 0 Å². The minimum atomic E-state index is -0.491. The van der Waals surface area contributed by atoms with E-state index in [4.69, 9.17) is 4.74 Å². The molecule has 0 saturated heterocycles. The highest BCUT2D eigenvalue weighted by atomic mass is 19.1. The molecule has 112 valence electrons. The number of aromatic nitrogens is 3. The summed E-state index contributed by atoms with van der Waals surface area (Å²) in [5.74, 6) is -0.825. The zero-order chi connectivity index (χ0) is 15.7. The minimum Gasteiger partial charge on any atom is -0.494 e. The summed E-state index contributed by atoms with van der Waals surface area (Å²) in [5, 5.41) is 2.66. The van der Waals surface area contributed by atoms with Gasteiger partial charge >= 0.3 is 0 Å². The number of benzene rings is 1. The van der Waals surface area contributed by atoms with Gasteiger partial charge in [-0.15, -0.1) is 0 Å². The van der Waals surface area contributed by atoms with Crippen molar-refractivity contribution in [3.05, 3.63) is 54.0 Å². The van der Waals surface area contributed by atoms with Crippen LogP contribution in [-0.4, -0.2) is 27.4 Å². The lowest BCUT2D eigenvalue weighted by molar-refractivity contribution is 0.102. The molecular formula is C15H13FN4O2. The Morgan fingerprint density at radius 1 is 1.41 bits per heavy atom. The van der Waals surface area contributed by atoms with Crippen LogP contribution in [0.3, 0.4) is 0 Å². The summed E-state index contributed by atoms with van der Waals surface area (Å²) in [5.41, 5.74) is 2.01. The molecule has 0 aliphatic heterocycles. The van der Waals surface area contributed by atoms with Crippen molar-refractivity contribution in [3.8, 4) is 5.75 Å². The zero-order valence-electron chi connectivity index (χ0n) is 12.0. The van der Waals surface area contributed by atoms with Crippen LogP contribution in [0.4, 0.5) is 10.1 Å². The van der Waals surface area contributed by atoms with Crippen molar-refractivity contribution in [1.29, 1.82) is 0 Å². The summed E-state index contributed by atoms with van der Waals surface area (Å²) in [7, 11) is 1.36. The number of nitrogens with zero attached hydrogens (tertiary/aromatic N) is 3. The van der Waals surface area contributed by atoms with Gasteiger partial charge in [0.1, 0.15) is 5.69 Å². The number of imidazole rings is 1. The maximum Gasteiger partial charge on any atom is 0.275 e. The largest absolute Gasteiger partial charge is 0.494 e. The number of fused-ring (bicyclic) bond motifs is 1. The second-order valence-corrected chi connectivity index (χ2v) is 4.67. The molecular weight excluding hydrogens is 287 g/mol. The summed E-state index contributed by atoms with van der Waals surface area (Å²) in [6, 6.07) is 4.10. The normalized spacial score (nSPS) is 10.7. The highest BCUT2D eigenvalue weighted by molar-refractivity contribution is 6.02. The second kappa shape index (κ2) is 5.44. The van der Waals surface area contributed by atoms with E-state index in [0.717, 1.165) is 0 Å². The SMILES string of the molecule is COc1cc(NC(=O)c2cn3ccnc3c(C)n2)ccc1F. The van der Waals surface area contributed by atoms with Gasteiger partial charge in [-0.2, -0.15) is 0 Å². The van der Waals surface area contributed by atoms with E-state index in [1.807, 2.05) is 0 Å². The summed E-state index contributed by atoms with van der Waals surface area (Å²) in [6.07, 6.45) is 4.96. The molecule has 0 spiro atoms. The Morgan fingerprint density at radius 2 is 2.23 bits per heavy atom. The molecule has 2 aromatic heterocycles. The number of carbonyl (C=O) groups excluding carboxylic acids is 1. The Balaban J connectivity index is 1.89. The summed E-state index contributed by atoms with van der Waals surface area (Å²) >= 11 is 0. The van der Waals surface area contributed by atoms with Crippen LogP contribution in [0.15, 0.2) is 36.8 Å². The average Bonchev–Trinajstić information content (AvgIpc) is 2.98. The Hall–Kier alpha value is -2.96. The number of methoxy groups -OCH3 is 1. The predicted molar refractivity (Wildman–Crippen MR) is 78.6 cm³/mol. The molecule has 2 heterocycles. The zero-order valence-corrected chi connectivity index (χ0v) is 12.0. The van der Waals surface area contributed by atoms with Crippen molar-refractivity contribution in [2.45, 2.75) is 6.92 Å². The van der Waals surface area contributed by atoms with E-state index in [9.17, 15) is 9.18 Å². The highest BCUT2D eigenvalue weighted by Gasteiger charge is 2.12. The van der Waals surface area contributed by atoms with Crippen molar-refractivity contribution in [1.82, 2.24) is 14.4 Å². The van der Waals surface area contributed by atoms with E-state index in [0.29, 0.717) is 17.0 Å². The van der Waals surface area contributed by atoms with E-state index in [2.05, 4.69) is 15.3 Å². The molecule has 0 fully saturated rings. The monoisotopic (exact) mass is 300 g/mol. The number of amides is 1. The van der Waals surface area contributed by atoms with E-state index < -0.39 is 11.7 Å². The third-order valence-corrected chi connectivity index (χ3v) is 3.18. The maximum absolute atomic E-state index is 13.4. The van der Waals surface area contributed by atoms with Gasteiger partial charge < -0.3 is 14.5 Å². The van der Waals surface area contributed by atoms with Crippen LogP contribution in [0.25, 0.3) is 5.65 Å². The molecule has 3 aromatic rings. The molecule has 0 saturated carbocycles. The van der Waals surface area contributed by atoms with Crippen LogP contribution >= 0.6 is 0 Å². The first kappa shape index (κ1) is 14.0. The molecule has 1 aromatic carbocycles. The average molecular weight is 300 g/mol. The molecule has 0 aliphatic rings. The van der Waals surface area contributed by atoms with Gasteiger partial charge in [0.15, 0.2) is 17.2 Å². The van der Waals surface area contributed by atoms with E-state index >= 15 is 0 Å². The van der Waals surface area contributed by atoms with Crippen LogP contribution < -0.4 is 10.1 Å². The lowest BCUT2D eigenvalue weighted by atomic mass is 10.2. The Kier molecular flexibility index (Phi) is 3.46. The number of rotatable bonds is 3. The van der Waals surface area contributed by atoms with Gasteiger partial charge in [-0.05, 0) is 19.1 Å². The fraction of sp³-hybridized carbons (Fsp3) is 0.133. The maximum atomic E-state index is 13.4. The fourth-order valence-electron chi connectivity index (χ4n) is 2.13. The standard InChI is InChI=1S/C15H13FN4O2/c1-9-14-17-5-6-20(14)8-12(18-9)15(21)19-10-3-4-11(16)13(7-10)22-2/h3-8H,1-2H3,(H,19,21). The number of carbonyl (C=O) groups is 1. The second-order valence-electron chi connectivity index (χ2n) is 4.67. The number of hydrogen-bond donors (Lipinski definition) is 1. The van der Waals surface area contributed by atoms with Crippen LogP contribution in [0, 0.1) is 12.7 Å².